The van der Waals surface area contributed by atoms with Crippen molar-refractivity contribution in [2.24, 2.45) is 0 Å². The number of carbonyl (C=O) groups is 1. The van der Waals surface area contributed by atoms with Crippen LogP contribution in [0, 0.1) is 6.92 Å². The molecule has 1 unspecified atom stereocenters. The number of Topliss-reactive ketones (excluding diaryl/α,β-unsaturated/α-hetero) is 1. The first-order valence-electron chi connectivity index (χ1n) is 7.53. The van der Waals surface area contributed by atoms with Crippen molar-refractivity contribution < 1.29 is 4.79 Å². The molecule has 0 aromatic heterocycles. The number of carbonyl (C=O) groups excluding carboxylic acids is 1. The summed E-state index contributed by atoms with van der Waals surface area (Å²) in [5.74, 6) is 0.613. The van der Waals surface area contributed by atoms with Gasteiger partial charge < -0.3 is 0 Å². The van der Waals surface area contributed by atoms with E-state index in [1.807, 2.05) is 25.1 Å². The summed E-state index contributed by atoms with van der Waals surface area (Å²) in [5, 5.41) is 0. The summed E-state index contributed by atoms with van der Waals surface area (Å²) in [7, 11) is 0. The maximum Gasteiger partial charge on any atom is 0.164 e. The van der Waals surface area contributed by atoms with Crippen LogP contribution in [0.2, 0.25) is 0 Å². The Labute approximate surface area is 134 Å². The van der Waals surface area contributed by atoms with Crippen LogP contribution < -0.4 is 0 Å². The third kappa shape index (κ3) is 2.96. The van der Waals surface area contributed by atoms with E-state index < -0.39 is 0 Å². The molecule has 0 N–H and O–H groups in total. The number of hydrogen-bond donors (Lipinski definition) is 0. The number of halogens is 1. The fourth-order valence-electron chi connectivity index (χ4n) is 3.26. The summed E-state index contributed by atoms with van der Waals surface area (Å²) in [6, 6.07) is 14.5. The summed E-state index contributed by atoms with van der Waals surface area (Å²) in [5.41, 5.74) is 4.73. The van der Waals surface area contributed by atoms with Crippen molar-refractivity contribution in [3.8, 4) is 0 Å². The van der Waals surface area contributed by atoms with Crippen molar-refractivity contribution in [3.05, 3.63) is 69.2 Å². The predicted molar refractivity (Wildman–Crippen MR) is 89.9 cm³/mol. The first kappa shape index (κ1) is 14.5. The van der Waals surface area contributed by atoms with Gasteiger partial charge in [-0.2, -0.15) is 0 Å². The van der Waals surface area contributed by atoms with Gasteiger partial charge in [-0.3, -0.25) is 4.79 Å². The lowest BCUT2D eigenvalue weighted by Crippen LogP contribution is -2.14. The molecule has 0 radical (unpaired) electrons. The molecule has 0 spiro atoms. The van der Waals surface area contributed by atoms with Gasteiger partial charge in [-0.1, -0.05) is 42.5 Å². The van der Waals surface area contributed by atoms with Gasteiger partial charge in [-0.05, 0) is 64.7 Å². The lowest BCUT2D eigenvalue weighted by Gasteiger charge is -2.25. The second-order valence-electron chi connectivity index (χ2n) is 5.85. The Hall–Kier alpha value is -1.41. The number of fused-ring (bicyclic) bond motifs is 1. The minimum absolute atomic E-state index is 0.243. The molecule has 1 nitrogen and oxygen atoms in total. The minimum atomic E-state index is 0.243. The first-order valence-corrected chi connectivity index (χ1v) is 8.32. The molecule has 2 aromatic carbocycles. The van der Waals surface area contributed by atoms with Gasteiger partial charge in [0.25, 0.3) is 0 Å². The second-order valence-corrected chi connectivity index (χ2v) is 6.64. The lowest BCUT2D eigenvalue weighted by molar-refractivity contribution is 0.0970. The summed E-state index contributed by atoms with van der Waals surface area (Å²) < 4.78 is 0.944. The average molecular weight is 343 g/mol. The molecule has 1 aliphatic carbocycles. The Bertz CT molecular complexity index is 675. The van der Waals surface area contributed by atoms with Crippen molar-refractivity contribution in [2.45, 2.75) is 38.5 Å². The molecule has 0 bridgehead atoms. The van der Waals surface area contributed by atoms with E-state index in [0.29, 0.717) is 12.3 Å². The predicted octanol–water partition coefficient (Wildman–Crippen LogP) is 5.45. The Morgan fingerprint density at radius 1 is 1.19 bits per heavy atom. The van der Waals surface area contributed by atoms with Crippen LogP contribution in [-0.2, 0) is 6.42 Å². The zero-order valence-electron chi connectivity index (χ0n) is 12.2. The zero-order chi connectivity index (χ0) is 14.8. The quantitative estimate of drug-likeness (QED) is 0.677. The van der Waals surface area contributed by atoms with Crippen LogP contribution in [0.5, 0.6) is 0 Å². The second kappa shape index (κ2) is 6.15. The van der Waals surface area contributed by atoms with Crippen LogP contribution in [0.25, 0.3) is 0 Å². The van der Waals surface area contributed by atoms with Crippen molar-refractivity contribution in [1.82, 2.24) is 0 Å². The lowest BCUT2D eigenvalue weighted by atomic mass is 9.79. The van der Waals surface area contributed by atoms with E-state index >= 15 is 0 Å². The maximum absolute atomic E-state index is 12.7. The Kier molecular flexibility index (Phi) is 4.25. The molecule has 21 heavy (non-hydrogen) atoms. The van der Waals surface area contributed by atoms with E-state index in [1.54, 1.807) is 0 Å². The fraction of sp³-hybridized carbons (Fsp3) is 0.316. The molecule has 0 amide bonds. The Morgan fingerprint density at radius 3 is 2.86 bits per heavy atom. The number of ketones is 1. The van der Waals surface area contributed by atoms with Gasteiger partial charge in [0, 0.05) is 16.5 Å². The number of aryl methyl sites for hydroxylation is 2. The highest BCUT2D eigenvalue weighted by molar-refractivity contribution is 9.10. The highest BCUT2D eigenvalue weighted by Gasteiger charge is 2.23. The van der Waals surface area contributed by atoms with E-state index in [2.05, 4.69) is 40.2 Å². The van der Waals surface area contributed by atoms with Crippen LogP contribution in [0.1, 0.15) is 52.2 Å². The van der Waals surface area contributed by atoms with Gasteiger partial charge in [0.2, 0.25) is 0 Å². The molecular formula is C19H19BrO. The third-order valence-corrected chi connectivity index (χ3v) is 5.47. The van der Waals surface area contributed by atoms with Crippen molar-refractivity contribution >= 4 is 21.7 Å². The van der Waals surface area contributed by atoms with Gasteiger partial charge in [0.15, 0.2) is 5.78 Å². The average Bonchev–Trinajstić information content (AvgIpc) is 2.50. The molecule has 108 valence electrons. The molecule has 0 saturated carbocycles. The van der Waals surface area contributed by atoms with Crippen LogP contribution in [-0.4, -0.2) is 5.78 Å². The highest BCUT2D eigenvalue weighted by Crippen LogP contribution is 2.35. The first-order chi connectivity index (χ1) is 10.2. The standard InChI is InChI=1S/C19H19BrO/c1-13-6-4-11-17(19(13)20)18(21)12-15-9-5-8-14-7-2-3-10-16(14)15/h2-4,6-7,10-11,15H,5,8-9,12H2,1H3. The van der Waals surface area contributed by atoms with Crippen LogP contribution in [0.4, 0.5) is 0 Å². The van der Waals surface area contributed by atoms with E-state index in [4.69, 9.17) is 0 Å². The van der Waals surface area contributed by atoms with Gasteiger partial charge in [-0.15, -0.1) is 0 Å². The fourth-order valence-corrected chi connectivity index (χ4v) is 3.75. The van der Waals surface area contributed by atoms with Crippen molar-refractivity contribution in [3.63, 3.8) is 0 Å². The molecule has 0 saturated heterocycles. The van der Waals surface area contributed by atoms with E-state index in [-0.39, 0.29) is 5.78 Å². The summed E-state index contributed by atoms with van der Waals surface area (Å²) >= 11 is 3.56. The van der Waals surface area contributed by atoms with Crippen molar-refractivity contribution in [2.75, 3.05) is 0 Å². The summed E-state index contributed by atoms with van der Waals surface area (Å²) in [6.07, 6.45) is 4.06. The van der Waals surface area contributed by atoms with Gasteiger partial charge in [-0.25, -0.2) is 0 Å². The SMILES string of the molecule is Cc1cccc(C(=O)CC2CCCc3ccccc32)c1Br. The molecule has 3 rings (SSSR count). The van der Waals surface area contributed by atoms with Crippen LogP contribution in [0.3, 0.4) is 0 Å². The molecule has 1 atom stereocenters. The maximum atomic E-state index is 12.7. The van der Waals surface area contributed by atoms with E-state index in [9.17, 15) is 4.79 Å². The van der Waals surface area contributed by atoms with Crippen LogP contribution in [0.15, 0.2) is 46.9 Å². The van der Waals surface area contributed by atoms with Gasteiger partial charge in [0.05, 0.1) is 0 Å². The number of benzene rings is 2. The van der Waals surface area contributed by atoms with E-state index in [0.717, 1.165) is 28.4 Å². The Balaban J connectivity index is 1.85. The smallest absolute Gasteiger partial charge is 0.164 e. The largest absolute Gasteiger partial charge is 0.294 e. The normalized spacial score (nSPS) is 17.3. The number of rotatable bonds is 3. The summed E-state index contributed by atoms with van der Waals surface area (Å²) in [4.78, 5) is 12.7. The number of hydrogen-bond acceptors (Lipinski definition) is 1. The van der Waals surface area contributed by atoms with Crippen molar-refractivity contribution in [1.29, 1.82) is 0 Å². The van der Waals surface area contributed by atoms with E-state index in [1.165, 1.54) is 17.5 Å². The zero-order valence-corrected chi connectivity index (χ0v) is 13.8. The molecule has 2 aromatic rings. The van der Waals surface area contributed by atoms with Gasteiger partial charge >= 0.3 is 0 Å². The third-order valence-electron chi connectivity index (χ3n) is 4.42. The monoisotopic (exact) mass is 342 g/mol. The minimum Gasteiger partial charge on any atom is -0.294 e. The summed E-state index contributed by atoms with van der Waals surface area (Å²) in [6.45, 7) is 2.02. The van der Waals surface area contributed by atoms with Crippen LogP contribution >= 0.6 is 15.9 Å². The molecule has 1 aliphatic rings. The molecular weight excluding hydrogens is 324 g/mol. The Morgan fingerprint density at radius 2 is 2.00 bits per heavy atom. The topological polar surface area (TPSA) is 17.1 Å². The molecule has 0 heterocycles. The molecule has 0 aliphatic heterocycles. The highest BCUT2D eigenvalue weighted by atomic mass is 79.9. The molecule has 0 fully saturated rings. The molecule has 2 heteroatoms. The van der Waals surface area contributed by atoms with Gasteiger partial charge in [0.1, 0.15) is 0 Å².